The van der Waals surface area contributed by atoms with Crippen LogP contribution < -0.4 is 21.5 Å². The first-order valence-corrected chi connectivity index (χ1v) is 12.0. The molecule has 0 spiro atoms. The lowest BCUT2D eigenvalue weighted by Gasteiger charge is -2.27. The van der Waals surface area contributed by atoms with Crippen molar-refractivity contribution in [1.29, 1.82) is 0 Å². The number of hydrogen-bond donors (Lipinski definition) is 3. The normalized spacial score (nSPS) is 11.4. The Morgan fingerprint density at radius 3 is 2.14 bits per heavy atom. The lowest BCUT2D eigenvalue weighted by atomic mass is 10.0. The number of nitrogens with one attached hydrogen (secondary N) is 1. The zero-order chi connectivity index (χ0) is 26.6. The molecule has 1 radical (unpaired) electrons. The molecule has 193 valence electrons. The van der Waals surface area contributed by atoms with Gasteiger partial charge in [-0.15, -0.1) is 0 Å². The summed E-state index contributed by atoms with van der Waals surface area (Å²) < 4.78 is 5.26. The van der Waals surface area contributed by atoms with Crippen molar-refractivity contribution in [3.05, 3.63) is 108 Å². The third-order valence-electron chi connectivity index (χ3n) is 5.93. The van der Waals surface area contributed by atoms with Crippen LogP contribution in [0.5, 0.6) is 5.75 Å². The Kier molecular flexibility index (Phi) is 10.2. The number of amides is 3. The maximum atomic E-state index is 13.2. The highest BCUT2D eigenvalue weighted by atomic mass is 16.5. The number of rotatable bonds is 13. The maximum Gasteiger partial charge on any atom is 0.255 e. The molecule has 1 atom stereocenters. The van der Waals surface area contributed by atoms with E-state index in [2.05, 4.69) is 5.32 Å². The summed E-state index contributed by atoms with van der Waals surface area (Å²) in [5, 5.41) is 2.97. The molecule has 37 heavy (non-hydrogen) atoms. The van der Waals surface area contributed by atoms with Gasteiger partial charge in [0, 0.05) is 26.6 Å². The van der Waals surface area contributed by atoms with Gasteiger partial charge in [0.25, 0.3) is 5.91 Å². The minimum Gasteiger partial charge on any atom is -0.484 e. The number of primary amides is 1. The van der Waals surface area contributed by atoms with E-state index < -0.39 is 11.9 Å². The van der Waals surface area contributed by atoms with Crippen molar-refractivity contribution < 1.29 is 19.1 Å². The Labute approximate surface area is 217 Å². The van der Waals surface area contributed by atoms with Crippen molar-refractivity contribution in [2.75, 3.05) is 13.7 Å². The molecule has 0 saturated carbocycles. The van der Waals surface area contributed by atoms with Crippen molar-refractivity contribution in [3.63, 3.8) is 0 Å². The SMILES string of the molecule is CN(C(=O)[CH]Cc1ccc(OCC(N)=O)cc1)[C@@H](Cc1ccccc1)C(=O)NCc1ccc(CN)cc1. The fraction of sp³-hybridized carbons (Fsp3) is 0.241. The van der Waals surface area contributed by atoms with Crippen LogP contribution in [0.25, 0.3) is 0 Å². The monoisotopic (exact) mass is 501 g/mol. The first-order chi connectivity index (χ1) is 17.9. The Balaban J connectivity index is 1.62. The minimum atomic E-state index is -0.681. The van der Waals surface area contributed by atoms with Crippen LogP contribution >= 0.6 is 0 Å². The zero-order valence-electron chi connectivity index (χ0n) is 20.9. The Morgan fingerprint density at radius 1 is 0.892 bits per heavy atom. The Bertz CT molecular complexity index is 1160. The largest absolute Gasteiger partial charge is 0.484 e. The quantitative estimate of drug-likeness (QED) is 0.331. The van der Waals surface area contributed by atoms with Gasteiger partial charge in [0.05, 0.1) is 6.42 Å². The van der Waals surface area contributed by atoms with Gasteiger partial charge in [-0.2, -0.15) is 0 Å². The Hall–Kier alpha value is -4.17. The van der Waals surface area contributed by atoms with Crippen molar-refractivity contribution >= 4 is 17.7 Å². The van der Waals surface area contributed by atoms with E-state index in [4.69, 9.17) is 16.2 Å². The molecule has 0 aliphatic rings. The van der Waals surface area contributed by atoms with E-state index in [1.165, 1.54) is 4.90 Å². The predicted octanol–water partition coefficient (Wildman–Crippen LogP) is 2.14. The molecular weight excluding hydrogens is 468 g/mol. The van der Waals surface area contributed by atoms with E-state index in [-0.39, 0.29) is 18.4 Å². The average Bonchev–Trinajstić information content (AvgIpc) is 2.93. The molecule has 8 nitrogen and oxygen atoms in total. The van der Waals surface area contributed by atoms with Crippen molar-refractivity contribution in [3.8, 4) is 5.75 Å². The summed E-state index contributed by atoms with van der Waals surface area (Å²) in [6.07, 6.45) is 2.32. The highest BCUT2D eigenvalue weighted by Crippen LogP contribution is 2.15. The molecule has 8 heteroatoms. The predicted molar refractivity (Wildman–Crippen MR) is 142 cm³/mol. The number of nitrogens with zero attached hydrogens (tertiary/aromatic N) is 1. The van der Waals surface area contributed by atoms with E-state index in [0.29, 0.717) is 31.7 Å². The lowest BCUT2D eigenvalue weighted by Crippen LogP contribution is -2.49. The summed E-state index contributed by atoms with van der Waals surface area (Å²) >= 11 is 0. The molecule has 3 aromatic carbocycles. The third-order valence-corrected chi connectivity index (χ3v) is 5.93. The molecule has 0 bridgehead atoms. The second-order valence-corrected chi connectivity index (χ2v) is 8.70. The maximum absolute atomic E-state index is 13.2. The summed E-state index contributed by atoms with van der Waals surface area (Å²) in [7, 11) is 1.64. The van der Waals surface area contributed by atoms with Crippen molar-refractivity contribution in [1.82, 2.24) is 10.2 Å². The molecule has 3 rings (SSSR count). The van der Waals surface area contributed by atoms with Gasteiger partial charge in [0.2, 0.25) is 11.8 Å². The van der Waals surface area contributed by atoms with E-state index in [0.717, 1.165) is 22.3 Å². The molecule has 0 aromatic heterocycles. The first kappa shape index (κ1) is 27.4. The number of benzene rings is 3. The zero-order valence-corrected chi connectivity index (χ0v) is 20.9. The molecule has 0 heterocycles. The number of carbonyl (C=O) groups is 3. The van der Waals surface area contributed by atoms with Crippen LogP contribution in [0.4, 0.5) is 0 Å². The highest BCUT2D eigenvalue weighted by Gasteiger charge is 2.27. The molecule has 0 aliphatic heterocycles. The average molecular weight is 502 g/mol. The van der Waals surface area contributed by atoms with Gasteiger partial charge in [0.15, 0.2) is 6.61 Å². The van der Waals surface area contributed by atoms with Gasteiger partial charge in [-0.3, -0.25) is 14.4 Å². The molecule has 0 saturated heterocycles. The number of likely N-dealkylation sites (N-methyl/N-ethyl adjacent to an activating group) is 1. The summed E-state index contributed by atoms with van der Waals surface area (Å²) in [6.45, 7) is 0.617. The van der Waals surface area contributed by atoms with Crippen LogP contribution in [-0.2, 0) is 40.3 Å². The van der Waals surface area contributed by atoms with Crippen molar-refractivity contribution in [2.24, 2.45) is 11.5 Å². The number of carbonyl (C=O) groups excluding carboxylic acids is 3. The molecule has 3 aromatic rings. The van der Waals surface area contributed by atoms with Crippen LogP contribution in [0.2, 0.25) is 0 Å². The van der Waals surface area contributed by atoms with Gasteiger partial charge in [-0.05, 0) is 40.8 Å². The fourth-order valence-corrected chi connectivity index (χ4v) is 3.72. The summed E-state index contributed by atoms with van der Waals surface area (Å²) in [4.78, 5) is 38.6. The highest BCUT2D eigenvalue weighted by molar-refractivity contribution is 5.91. The summed E-state index contributed by atoms with van der Waals surface area (Å²) in [5.74, 6) is -0.516. The lowest BCUT2D eigenvalue weighted by molar-refractivity contribution is -0.136. The van der Waals surface area contributed by atoms with Crippen molar-refractivity contribution in [2.45, 2.75) is 32.0 Å². The van der Waals surface area contributed by atoms with E-state index >= 15 is 0 Å². The second kappa shape index (κ2) is 13.8. The van der Waals surface area contributed by atoms with Gasteiger partial charge in [0.1, 0.15) is 11.8 Å². The second-order valence-electron chi connectivity index (χ2n) is 8.70. The molecule has 5 N–H and O–H groups in total. The standard InChI is InChI=1S/C29H33N4O4/c1-33(28(35)16-13-21-11-14-25(15-12-21)37-20-27(31)34)26(17-22-5-3-2-4-6-22)29(36)32-19-24-9-7-23(18-30)8-10-24/h2-12,14-16,26H,13,17-20,30H2,1H3,(H2,31,34)(H,32,36)/t26-/m0/s1. The third kappa shape index (κ3) is 8.77. The minimum absolute atomic E-state index is 0.196. The van der Waals surface area contributed by atoms with Crippen LogP contribution in [0.15, 0.2) is 78.9 Å². The van der Waals surface area contributed by atoms with Crippen LogP contribution in [0, 0.1) is 6.42 Å². The van der Waals surface area contributed by atoms with Gasteiger partial charge in [-0.1, -0.05) is 66.7 Å². The van der Waals surface area contributed by atoms with E-state index in [1.807, 2.05) is 66.7 Å². The van der Waals surface area contributed by atoms with Gasteiger partial charge >= 0.3 is 0 Å². The molecule has 3 amide bonds. The number of hydrogen-bond acceptors (Lipinski definition) is 5. The molecule has 0 unspecified atom stereocenters. The smallest absolute Gasteiger partial charge is 0.255 e. The van der Waals surface area contributed by atoms with E-state index in [1.54, 1.807) is 25.6 Å². The molecule has 0 aliphatic carbocycles. The molecule has 0 fully saturated rings. The topological polar surface area (TPSA) is 128 Å². The summed E-state index contributed by atoms with van der Waals surface area (Å²) in [6, 6.07) is 23.7. The number of ether oxygens (including phenoxy) is 1. The first-order valence-electron chi connectivity index (χ1n) is 12.0. The van der Waals surface area contributed by atoms with Crippen LogP contribution in [-0.4, -0.2) is 42.3 Å². The fourth-order valence-electron chi connectivity index (χ4n) is 3.72. The van der Waals surface area contributed by atoms with Gasteiger partial charge < -0.3 is 26.4 Å². The van der Waals surface area contributed by atoms with Crippen LogP contribution in [0.1, 0.15) is 22.3 Å². The van der Waals surface area contributed by atoms with Gasteiger partial charge in [-0.25, -0.2) is 0 Å². The molecular formula is C29H33N4O4. The number of nitrogens with two attached hydrogens (primary N) is 2. The Morgan fingerprint density at radius 2 is 1.51 bits per heavy atom. The van der Waals surface area contributed by atoms with E-state index in [9.17, 15) is 14.4 Å². The summed E-state index contributed by atoms with van der Waals surface area (Å²) in [5.41, 5.74) is 14.6. The van der Waals surface area contributed by atoms with Crippen LogP contribution in [0.3, 0.4) is 0 Å².